The molecule has 0 aromatic carbocycles. The Bertz CT molecular complexity index is 538. The minimum absolute atomic E-state index is 0.278. The summed E-state index contributed by atoms with van der Waals surface area (Å²) in [5, 5.41) is 14.4. The third-order valence-electron chi connectivity index (χ3n) is 3.83. The minimum atomic E-state index is 0.278. The van der Waals surface area contributed by atoms with E-state index in [1.807, 2.05) is 4.52 Å². The molecule has 5 nitrogen and oxygen atoms in total. The van der Waals surface area contributed by atoms with E-state index >= 15 is 0 Å². The van der Waals surface area contributed by atoms with E-state index in [4.69, 9.17) is 5.73 Å². The zero-order valence-electron chi connectivity index (χ0n) is 11.4. The molecule has 19 heavy (non-hydrogen) atoms. The number of hydrogen-bond acceptors (Lipinski definition) is 5. The topological polar surface area (TPSA) is 69.1 Å². The van der Waals surface area contributed by atoms with Crippen LogP contribution < -0.4 is 5.73 Å². The molecule has 0 radical (unpaired) electrons. The van der Waals surface area contributed by atoms with Crippen LogP contribution in [0.2, 0.25) is 0 Å². The SMILES string of the molecule is CC(N)CCCc1nn2c(C3CCCC3)nnc2s1. The van der Waals surface area contributed by atoms with E-state index < -0.39 is 0 Å². The molecule has 1 aliphatic carbocycles. The molecule has 1 aliphatic rings. The summed E-state index contributed by atoms with van der Waals surface area (Å²) in [4.78, 5) is 0.942. The molecule has 2 aromatic heterocycles. The second-order valence-corrected chi connectivity index (χ2v) is 6.64. The highest BCUT2D eigenvalue weighted by molar-refractivity contribution is 7.16. The van der Waals surface area contributed by atoms with Gasteiger partial charge in [0.2, 0.25) is 4.96 Å². The van der Waals surface area contributed by atoms with E-state index in [1.165, 1.54) is 25.7 Å². The Morgan fingerprint density at radius 2 is 2.16 bits per heavy atom. The van der Waals surface area contributed by atoms with Crippen LogP contribution in [0.3, 0.4) is 0 Å². The molecule has 2 N–H and O–H groups in total. The third kappa shape index (κ3) is 2.79. The molecule has 1 unspecified atom stereocenters. The average Bonchev–Trinajstić information content (AvgIpc) is 3.01. The zero-order chi connectivity index (χ0) is 13.2. The van der Waals surface area contributed by atoms with Crippen molar-refractivity contribution in [1.29, 1.82) is 0 Å². The van der Waals surface area contributed by atoms with Crippen molar-refractivity contribution < 1.29 is 0 Å². The maximum absolute atomic E-state index is 5.77. The molecule has 0 aliphatic heterocycles. The smallest absolute Gasteiger partial charge is 0.234 e. The maximum atomic E-state index is 5.77. The van der Waals surface area contributed by atoms with Crippen LogP contribution in [0.25, 0.3) is 4.96 Å². The first kappa shape index (κ1) is 13.0. The van der Waals surface area contributed by atoms with Gasteiger partial charge >= 0.3 is 0 Å². The van der Waals surface area contributed by atoms with Gasteiger partial charge in [0.25, 0.3) is 0 Å². The van der Waals surface area contributed by atoms with Gasteiger partial charge in [0.1, 0.15) is 5.01 Å². The van der Waals surface area contributed by atoms with Gasteiger partial charge in [0, 0.05) is 18.4 Å². The Kier molecular flexibility index (Phi) is 3.79. The van der Waals surface area contributed by atoms with Crippen molar-refractivity contribution in [3.8, 4) is 0 Å². The standard InChI is InChI=1S/C13H21N5S/c1-9(14)5-4-8-11-17-18-12(10-6-2-3-7-10)15-16-13(18)19-11/h9-10H,2-8,14H2,1H3. The molecule has 0 spiro atoms. The van der Waals surface area contributed by atoms with Crippen molar-refractivity contribution in [1.82, 2.24) is 19.8 Å². The average molecular weight is 279 g/mol. The zero-order valence-corrected chi connectivity index (χ0v) is 12.2. The minimum Gasteiger partial charge on any atom is -0.328 e. The molecular weight excluding hydrogens is 258 g/mol. The lowest BCUT2D eigenvalue weighted by molar-refractivity contribution is 0.612. The van der Waals surface area contributed by atoms with Crippen LogP contribution in [0.1, 0.15) is 62.2 Å². The van der Waals surface area contributed by atoms with Gasteiger partial charge in [-0.1, -0.05) is 24.2 Å². The van der Waals surface area contributed by atoms with Crippen LogP contribution in [0.4, 0.5) is 0 Å². The number of hydrogen-bond donors (Lipinski definition) is 1. The fourth-order valence-corrected chi connectivity index (χ4v) is 3.67. The van der Waals surface area contributed by atoms with E-state index in [0.29, 0.717) is 5.92 Å². The molecule has 3 rings (SSSR count). The van der Waals surface area contributed by atoms with Crippen LogP contribution in [-0.4, -0.2) is 25.9 Å². The molecule has 6 heteroatoms. The van der Waals surface area contributed by atoms with Gasteiger partial charge in [-0.2, -0.15) is 9.61 Å². The van der Waals surface area contributed by atoms with E-state index in [9.17, 15) is 0 Å². The Balaban J connectivity index is 1.73. The van der Waals surface area contributed by atoms with Crippen LogP contribution in [0.5, 0.6) is 0 Å². The summed E-state index contributed by atoms with van der Waals surface area (Å²) in [6.45, 7) is 2.05. The Morgan fingerprint density at radius 3 is 2.89 bits per heavy atom. The second kappa shape index (κ2) is 5.54. The van der Waals surface area contributed by atoms with E-state index in [2.05, 4.69) is 22.2 Å². The first-order chi connectivity index (χ1) is 9.24. The number of fused-ring (bicyclic) bond motifs is 1. The van der Waals surface area contributed by atoms with Crippen molar-refractivity contribution in [2.45, 2.75) is 63.8 Å². The van der Waals surface area contributed by atoms with Crippen molar-refractivity contribution in [2.75, 3.05) is 0 Å². The van der Waals surface area contributed by atoms with Gasteiger partial charge in [0.15, 0.2) is 5.82 Å². The molecule has 1 saturated carbocycles. The highest BCUT2D eigenvalue weighted by atomic mass is 32.1. The lowest BCUT2D eigenvalue weighted by Gasteiger charge is -2.03. The van der Waals surface area contributed by atoms with Crippen LogP contribution in [-0.2, 0) is 6.42 Å². The number of rotatable bonds is 5. The summed E-state index contributed by atoms with van der Waals surface area (Å²) in [6.07, 6.45) is 8.24. The van der Waals surface area contributed by atoms with Crippen molar-refractivity contribution in [2.24, 2.45) is 5.73 Å². The lowest BCUT2D eigenvalue weighted by Crippen LogP contribution is -2.14. The third-order valence-corrected chi connectivity index (χ3v) is 4.79. The van der Waals surface area contributed by atoms with E-state index in [1.54, 1.807) is 11.3 Å². The van der Waals surface area contributed by atoms with Crippen LogP contribution in [0.15, 0.2) is 0 Å². The summed E-state index contributed by atoms with van der Waals surface area (Å²) in [7, 11) is 0. The number of nitrogens with two attached hydrogens (primary N) is 1. The largest absolute Gasteiger partial charge is 0.328 e. The fraction of sp³-hybridized carbons (Fsp3) is 0.769. The number of aryl methyl sites for hydroxylation is 1. The van der Waals surface area contributed by atoms with Gasteiger partial charge in [-0.15, -0.1) is 10.2 Å². The van der Waals surface area contributed by atoms with Gasteiger partial charge in [-0.3, -0.25) is 0 Å². The highest BCUT2D eigenvalue weighted by Crippen LogP contribution is 2.33. The predicted octanol–water partition coefficient (Wildman–Crippen LogP) is 2.51. The van der Waals surface area contributed by atoms with Gasteiger partial charge < -0.3 is 5.73 Å². The Morgan fingerprint density at radius 1 is 1.37 bits per heavy atom. The number of aromatic nitrogens is 4. The monoisotopic (exact) mass is 279 g/mol. The summed E-state index contributed by atoms with van der Waals surface area (Å²) < 4.78 is 1.97. The fourth-order valence-electron chi connectivity index (χ4n) is 2.79. The quantitative estimate of drug-likeness (QED) is 0.913. The number of nitrogens with zero attached hydrogens (tertiary/aromatic N) is 4. The highest BCUT2D eigenvalue weighted by Gasteiger charge is 2.23. The van der Waals surface area contributed by atoms with Crippen molar-refractivity contribution in [3.63, 3.8) is 0 Å². The predicted molar refractivity (Wildman–Crippen MR) is 76.5 cm³/mol. The van der Waals surface area contributed by atoms with Crippen LogP contribution >= 0.6 is 11.3 Å². The Hall–Kier alpha value is -1.01. The second-order valence-electron chi connectivity index (χ2n) is 5.60. The van der Waals surface area contributed by atoms with Crippen molar-refractivity contribution >= 4 is 16.3 Å². The molecule has 1 atom stereocenters. The summed E-state index contributed by atoms with van der Waals surface area (Å²) >= 11 is 1.67. The van der Waals surface area contributed by atoms with Gasteiger partial charge in [-0.05, 0) is 32.6 Å². The molecular formula is C13H21N5S. The van der Waals surface area contributed by atoms with Gasteiger partial charge in [-0.25, -0.2) is 0 Å². The molecule has 0 amide bonds. The van der Waals surface area contributed by atoms with Crippen molar-refractivity contribution in [3.05, 3.63) is 10.8 Å². The summed E-state index contributed by atoms with van der Waals surface area (Å²) in [6, 6.07) is 0.278. The Labute approximate surface area is 117 Å². The summed E-state index contributed by atoms with van der Waals surface area (Å²) in [5.74, 6) is 1.64. The normalized spacial score (nSPS) is 18.4. The molecule has 0 saturated heterocycles. The molecule has 0 bridgehead atoms. The van der Waals surface area contributed by atoms with Gasteiger partial charge in [0.05, 0.1) is 0 Å². The molecule has 2 aromatic rings. The molecule has 104 valence electrons. The summed E-state index contributed by atoms with van der Waals surface area (Å²) in [5.41, 5.74) is 5.77. The van der Waals surface area contributed by atoms with E-state index in [-0.39, 0.29) is 6.04 Å². The molecule has 2 heterocycles. The van der Waals surface area contributed by atoms with Crippen LogP contribution in [0, 0.1) is 0 Å². The molecule has 1 fully saturated rings. The first-order valence-corrected chi connectivity index (χ1v) is 8.02. The van der Waals surface area contributed by atoms with E-state index in [0.717, 1.165) is 35.1 Å². The first-order valence-electron chi connectivity index (χ1n) is 7.20. The lowest BCUT2D eigenvalue weighted by atomic mass is 10.1. The maximum Gasteiger partial charge on any atom is 0.234 e.